The number of carbonyl (C=O) groups excluding carboxylic acids is 1. The number of hydrogen-bond donors (Lipinski definition) is 1. The highest BCUT2D eigenvalue weighted by atomic mass is 32.2. The van der Waals surface area contributed by atoms with E-state index < -0.39 is 0 Å². The van der Waals surface area contributed by atoms with Crippen LogP contribution in [0.1, 0.15) is 21.5 Å². The predicted molar refractivity (Wildman–Crippen MR) is 84.7 cm³/mol. The zero-order valence-electron chi connectivity index (χ0n) is 11.3. The molecular formula is C14H15N3OS2. The molecule has 1 aromatic heterocycles. The van der Waals surface area contributed by atoms with Crippen molar-refractivity contribution in [1.82, 2.24) is 10.2 Å². The largest absolute Gasteiger partial charge is 0.296 e. The molecular weight excluding hydrogens is 290 g/mol. The molecule has 0 saturated carbocycles. The first-order valence-electron chi connectivity index (χ1n) is 6.06. The molecule has 0 aliphatic carbocycles. The van der Waals surface area contributed by atoms with Crippen molar-refractivity contribution in [2.75, 3.05) is 11.1 Å². The minimum absolute atomic E-state index is 0.154. The molecule has 0 saturated heterocycles. The zero-order valence-corrected chi connectivity index (χ0v) is 13.0. The molecule has 1 aromatic carbocycles. The molecule has 104 valence electrons. The van der Waals surface area contributed by atoms with Crippen LogP contribution in [0.2, 0.25) is 0 Å². The zero-order chi connectivity index (χ0) is 14.5. The highest BCUT2D eigenvalue weighted by Gasteiger charge is 2.12. The monoisotopic (exact) mass is 305 g/mol. The van der Waals surface area contributed by atoms with Gasteiger partial charge >= 0.3 is 0 Å². The van der Waals surface area contributed by atoms with Gasteiger partial charge in [-0.1, -0.05) is 46.9 Å². The molecule has 0 atom stereocenters. The van der Waals surface area contributed by atoms with E-state index in [2.05, 4.69) is 22.1 Å². The first-order chi connectivity index (χ1) is 9.60. The number of nitrogens with zero attached hydrogens (tertiary/aromatic N) is 2. The molecule has 0 unspecified atom stereocenters. The van der Waals surface area contributed by atoms with Crippen LogP contribution in [0.3, 0.4) is 0 Å². The van der Waals surface area contributed by atoms with Crippen molar-refractivity contribution in [1.29, 1.82) is 0 Å². The SMILES string of the molecule is C=CCSc1nnc(NC(=O)c2ccc(C)cc2C)s1. The van der Waals surface area contributed by atoms with E-state index in [1.807, 2.05) is 32.0 Å². The Labute approximate surface area is 126 Å². The van der Waals surface area contributed by atoms with E-state index in [1.165, 1.54) is 11.3 Å². The standard InChI is InChI=1S/C14H15N3OS2/c1-4-7-19-14-17-16-13(20-14)15-12(18)11-6-5-9(2)8-10(11)3/h4-6,8H,1,7H2,2-3H3,(H,15,16,18). The van der Waals surface area contributed by atoms with E-state index in [-0.39, 0.29) is 5.91 Å². The van der Waals surface area contributed by atoms with Gasteiger partial charge in [-0.25, -0.2) is 0 Å². The fourth-order valence-electron chi connectivity index (χ4n) is 1.68. The van der Waals surface area contributed by atoms with Gasteiger partial charge in [-0.05, 0) is 25.5 Å². The molecule has 1 heterocycles. The van der Waals surface area contributed by atoms with E-state index in [1.54, 1.807) is 17.8 Å². The van der Waals surface area contributed by atoms with Gasteiger partial charge in [0, 0.05) is 11.3 Å². The Bertz CT molecular complexity index is 637. The van der Waals surface area contributed by atoms with Crippen molar-refractivity contribution in [2.45, 2.75) is 18.2 Å². The summed E-state index contributed by atoms with van der Waals surface area (Å²) < 4.78 is 0.820. The summed E-state index contributed by atoms with van der Waals surface area (Å²) in [6.07, 6.45) is 1.81. The summed E-state index contributed by atoms with van der Waals surface area (Å²) in [5.74, 6) is 0.624. The maximum Gasteiger partial charge on any atom is 0.257 e. The molecule has 0 spiro atoms. The Hall–Kier alpha value is -1.66. The summed E-state index contributed by atoms with van der Waals surface area (Å²) in [6, 6.07) is 5.74. The maximum absolute atomic E-state index is 12.2. The number of thioether (sulfide) groups is 1. The van der Waals surface area contributed by atoms with Crippen molar-refractivity contribution >= 4 is 34.1 Å². The van der Waals surface area contributed by atoms with Crippen LogP contribution in [0.5, 0.6) is 0 Å². The van der Waals surface area contributed by atoms with Crippen molar-refractivity contribution in [2.24, 2.45) is 0 Å². The third kappa shape index (κ3) is 3.68. The molecule has 6 heteroatoms. The van der Waals surface area contributed by atoms with Crippen molar-refractivity contribution in [3.63, 3.8) is 0 Å². The Morgan fingerprint density at radius 3 is 2.95 bits per heavy atom. The molecule has 0 radical (unpaired) electrons. The fourth-order valence-corrected chi connectivity index (χ4v) is 3.19. The Morgan fingerprint density at radius 2 is 2.25 bits per heavy atom. The number of anilines is 1. The normalized spacial score (nSPS) is 10.3. The van der Waals surface area contributed by atoms with Crippen LogP contribution in [-0.4, -0.2) is 21.9 Å². The number of carbonyl (C=O) groups is 1. The topological polar surface area (TPSA) is 54.9 Å². The smallest absolute Gasteiger partial charge is 0.257 e. The molecule has 20 heavy (non-hydrogen) atoms. The quantitative estimate of drug-likeness (QED) is 0.520. The number of nitrogens with one attached hydrogen (secondary N) is 1. The first-order valence-corrected chi connectivity index (χ1v) is 7.86. The molecule has 0 aliphatic rings. The highest BCUT2D eigenvalue weighted by molar-refractivity contribution is 8.01. The summed E-state index contributed by atoms with van der Waals surface area (Å²) in [4.78, 5) is 12.2. The van der Waals surface area contributed by atoms with Crippen LogP contribution in [0.25, 0.3) is 0 Å². The van der Waals surface area contributed by atoms with Gasteiger partial charge in [0.25, 0.3) is 5.91 Å². The second kappa shape index (κ2) is 6.67. The van der Waals surface area contributed by atoms with Gasteiger partial charge in [0.2, 0.25) is 5.13 Å². The third-order valence-electron chi connectivity index (χ3n) is 2.58. The van der Waals surface area contributed by atoms with Crippen molar-refractivity contribution in [3.8, 4) is 0 Å². The summed E-state index contributed by atoms with van der Waals surface area (Å²) >= 11 is 2.91. The Morgan fingerprint density at radius 1 is 1.45 bits per heavy atom. The van der Waals surface area contributed by atoms with Crippen LogP contribution >= 0.6 is 23.1 Å². The van der Waals surface area contributed by atoms with Crippen LogP contribution in [0, 0.1) is 13.8 Å². The number of benzene rings is 1. The third-order valence-corrected chi connectivity index (χ3v) is 4.55. The fraction of sp³-hybridized carbons (Fsp3) is 0.214. The van der Waals surface area contributed by atoms with E-state index in [0.29, 0.717) is 10.7 Å². The highest BCUT2D eigenvalue weighted by Crippen LogP contribution is 2.25. The molecule has 0 fully saturated rings. The minimum atomic E-state index is -0.154. The summed E-state index contributed by atoms with van der Waals surface area (Å²) in [5, 5.41) is 11.3. The van der Waals surface area contributed by atoms with E-state index in [4.69, 9.17) is 0 Å². The van der Waals surface area contributed by atoms with E-state index >= 15 is 0 Å². The Balaban J connectivity index is 2.07. The lowest BCUT2D eigenvalue weighted by Crippen LogP contribution is -2.13. The van der Waals surface area contributed by atoms with Gasteiger partial charge < -0.3 is 0 Å². The summed E-state index contributed by atoms with van der Waals surface area (Å²) in [5.41, 5.74) is 2.75. The summed E-state index contributed by atoms with van der Waals surface area (Å²) in [7, 11) is 0. The van der Waals surface area contributed by atoms with Crippen LogP contribution < -0.4 is 5.32 Å². The lowest BCUT2D eigenvalue weighted by atomic mass is 10.1. The molecule has 0 bridgehead atoms. The minimum Gasteiger partial charge on any atom is -0.296 e. The number of hydrogen-bond acceptors (Lipinski definition) is 5. The molecule has 1 amide bonds. The average molecular weight is 305 g/mol. The van der Waals surface area contributed by atoms with Gasteiger partial charge in [0.05, 0.1) is 0 Å². The second-order valence-electron chi connectivity index (χ2n) is 4.25. The predicted octanol–water partition coefficient (Wildman–Crippen LogP) is 3.69. The van der Waals surface area contributed by atoms with Gasteiger partial charge in [-0.15, -0.1) is 16.8 Å². The van der Waals surface area contributed by atoms with Crippen LogP contribution in [0.15, 0.2) is 35.2 Å². The van der Waals surface area contributed by atoms with E-state index in [0.717, 1.165) is 21.2 Å². The van der Waals surface area contributed by atoms with Crippen LogP contribution in [0.4, 0.5) is 5.13 Å². The lowest BCUT2D eigenvalue weighted by Gasteiger charge is -2.05. The van der Waals surface area contributed by atoms with Gasteiger partial charge in [0.15, 0.2) is 4.34 Å². The first kappa shape index (κ1) is 14.7. The molecule has 0 aliphatic heterocycles. The molecule has 2 aromatic rings. The maximum atomic E-state index is 12.2. The number of aromatic nitrogens is 2. The second-order valence-corrected chi connectivity index (χ2v) is 6.49. The van der Waals surface area contributed by atoms with Gasteiger partial charge in [-0.2, -0.15) is 0 Å². The number of rotatable bonds is 5. The summed E-state index contributed by atoms with van der Waals surface area (Å²) in [6.45, 7) is 7.58. The number of amides is 1. The van der Waals surface area contributed by atoms with Gasteiger partial charge in [-0.3, -0.25) is 10.1 Å². The van der Waals surface area contributed by atoms with E-state index in [9.17, 15) is 4.79 Å². The van der Waals surface area contributed by atoms with Crippen molar-refractivity contribution < 1.29 is 4.79 Å². The average Bonchev–Trinajstić information content (AvgIpc) is 2.83. The molecule has 2 rings (SSSR count). The van der Waals surface area contributed by atoms with Crippen LogP contribution in [-0.2, 0) is 0 Å². The molecule has 4 nitrogen and oxygen atoms in total. The van der Waals surface area contributed by atoms with Crippen molar-refractivity contribution in [3.05, 3.63) is 47.5 Å². The molecule has 1 N–H and O–H groups in total. The number of aryl methyl sites for hydroxylation is 2. The van der Waals surface area contributed by atoms with Gasteiger partial charge in [0.1, 0.15) is 0 Å². The lowest BCUT2D eigenvalue weighted by molar-refractivity contribution is 0.102. The Kier molecular flexibility index (Phi) is 4.92.